The van der Waals surface area contributed by atoms with E-state index in [4.69, 9.17) is 0 Å². The number of amides is 2. The smallest absolute Gasteiger partial charge is 0.290 e. The largest absolute Gasteiger partial charge is 0.507 e. The van der Waals surface area contributed by atoms with Crippen LogP contribution in [0.25, 0.3) is 6.08 Å². The highest BCUT2D eigenvalue weighted by atomic mass is 79.9. The Hall–Kier alpha value is -1.27. The number of hydrogen-bond acceptors (Lipinski definition) is 4. The zero-order valence-corrected chi connectivity index (χ0v) is 10.3. The fourth-order valence-electron chi connectivity index (χ4n) is 1.20. The van der Waals surface area contributed by atoms with E-state index in [2.05, 4.69) is 21.2 Å². The lowest BCUT2D eigenvalue weighted by Gasteiger charge is -2.00. The highest BCUT2D eigenvalue weighted by molar-refractivity contribution is 9.10. The summed E-state index contributed by atoms with van der Waals surface area (Å²) < 4.78 is 0.784. The van der Waals surface area contributed by atoms with Gasteiger partial charge in [-0.05, 0) is 36.0 Å². The van der Waals surface area contributed by atoms with Crippen molar-refractivity contribution in [3.05, 3.63) is 33.1 Å². The summed E-state index contributed by atoms with van der Waals surface area (Å²) in [7, 11) is 0. The van der Waals surface area contributed by atoms with Gasteiger partial charge in [0.15, 0.2) is 0 Å². The van der Waals surface area contributed by atoms with Crippen molar-refractivity contribution in [2.45, 2.75) is 0 Å². The van der Waals surface area contributed by atoms with E-state index < -0.39 is 11.1 Å². The Labute approximate surface area is 104 Å². The van der Waals surface area contributed by atoms with Crippen LogP contribution in [0.4, 0.5) is 4.79 Å². The van der Waals surface area contributed by atoms with Crippen LogP contribution in [0.3, 0.4) is 0 Å². The molecule has 0 bridgehead atoms. The third-order valence-electron chi connectivity index (χ3n) is 1.92. The topological polar surface area (TPSA) is 66.4 Å². The number of phenolic OH excluding ortho intramolecular Hbond substituents is 1. The molecule has 16 heavy (non-hydrogen) atoms. The minimum Gasteiger partial charge on any atom is -0.507 e. The molecule has 0 spiro atoms. The molecule has 82 valence electrons. The predicted octanol–water partition coefficient (Wildman–Crippen LogP) is 2.48. The predicted molar refractivity (Wildman–Crippen MR) is 64.9 cm³/mol. The second-order valence-electron chi connectivity index (χ2n) is 3.06. The Morgan fingerprint density at radius 2 is 2.12 bits per heavy atom. The van der Waals surface area contributed by atoms with Gasteiger partial charge in [0.1, 0.15) is 5.75 Å². The fraction of sp³-hybridized carbons (Fsp3) is 0. The highest BCUT2D eigenvalue weighted by Gasteiger charge is 2.25. The summed E-state index contributed by atoms with van der Waals surface area (Å²) >= 11 is 4.08. The number of imide groups is 1. The maximum atomic E-state index is 11.3. The molecule has 1 aliphatic rings. The molecule has 2 rings (SSSR count). The fourth-order valence-corrected chi connectivity index (χ4v) is 2.26. The summed E-state index contributed by atoms with van der Waals surface area (Å²) in [5.41, 5.74) is 0.488. The Morgan fingerprint density at radius 3 is 2.75 bits per heavy atom. The molecule has 0 aromatic heterocycles. The number of aromatic hydroxyl groups is 1. The van der Waals surface area contributed by atoms with E-state index >= 15 is 0 Å². The normalized spacial score (nSPS) is 17.9. The number of carbonyl (C=O) groups excluding carboxylic acids is 2. The molecule has 1 heterocycles. The number of nitrogens with one attached hydrogen (secondary N) is 1. The van der Waals surface area contributed by atoms with Gasteiger partial charge in [0.25, 0.3) is 11.1 Å². The lowest BCUT2D eigenvalue weighted by Crippen LogP contribution is -2.17. The van der Waals surface area contributed by atoms with E-state index in [1.54, 1.807) is 12.1 Å². The summed E-state index contributed by atoms with van der Waals surface area (Å²) in [5, 5.41) is 11.3. The van der Waals surface area contributed by atoms with E-state index in [0.29, 0.717) is 5.56 Å². The van der Waals surface area contributed by atoms with Crippen LogP contribution < -0.4 is 5.32 Å². The third-order valence-corrected chi connectivity index (χ3v) is 3.22. The first-order valence-electron chi connectivity index (χ1n) is 4.29. The maximum absolute atomic E-state index is 11.3. The monoisotopic (exact) mass is 299 g/mol. The minimum absolute atomic E-state index is 0.0587. The van der Waals surface area contributed by atoms with Gasteiger partial charge >= 0.3 is 0 Å². The van der Waals surface area contributed by atoms with Crippen molar-refractivity contribution in [1.29, 1.82) is 0 Å². The minimum atomic E-state index is -0.436. The van der Waals surface area contributed by atoms with Gasteiger partial charge in [-0.25, -0.2) is 0 Å². The summed E-state index contributed by atoms with van der Waals surface area (Å²) in [4.78, 5) is 22.5. The molecular weight excluding hydrogens is 294 g/mol. The Kier molecular flexibility index (Phi) is 3.02. The van der Waals surface area contributed by atoms with Gasteiger partial charge in [0.05, 0.1) is 4.91 Å². The molecule has 0 radical (unpaired) electrons. The molecule has 4 nitrogen and oxygen atoms in total. The third kappa shape index (κ3) is 2.28. The van der Waals surface area contributed by atoms with E-state index in [1.165, 1.54) is 12.1 Å². The number of halogens is 1. The number of thioether (sulfide) groups is 1. The molecule has 1 saturated heterocycles. The van der Waals surface area contributed by atoms with Crippen molar-refractivity contribution in [2.75, 3.05) is 0 Å². The molecule has 0 unspecified atom stereocenters. The molecule has 1 fully saturated rings. The van der Waals surface area contributed by atoms with Crippen molar-refractivity contribution in [3.8, 4) is 5.75 Å². The van der Waals surface area contributed by atoms with Crippen molar-refractivity contribution >= 4 is 44.9 Å². The van der Waals surface area contributed by atoms with Crippen LogP contribution in [-0.2, 0) is 4.79 Å². The first-order valence-corrected chi connectivity index (χ1v) is 5.90. The van der Waals surface area contributed by atoms with Crippen LogP contribution in [0.2, 0.25) is 0 Å². The molecule has 0 aliphatic carbocycles. The van der Waals surface area contributed by atoms with Crippen molar-refractivity contribution in [2.24, 2.45) is 0 Å². The van der Waals surface area contributed by atoms with E-state index in [9.17, 15) is 14.7 Å². The van der Waals surface area contributed by atoms with Crippen LogP contribution >= 0.6 is 27.7 Å². The Bertz CT molecular complexity index is 513. The highest BCUT2D eigenvalue weighted by Crippen LogP contribution is 2.30. The number of phenols is 1. The first-order chi connectivity index (χ1) is 7.56. The molecular formula is C10H6BrNO3S. The Balaban J connectivity index is 2.39. The average Bonchev–Trinajstić information content (AvgIpc) is 2.51. The van der Waals surface area contributed by atoms with Crippen molar-refractivity contribution in [1.82, 2.24) is 5.32 Å². The molecule has 2 N–H and O–H groups in total. The number of hydrogen-bond donors (Lipinski definition) is 2. The number of carbonyl (C=O) groups is 2. The quantitative estimate of drug-likeness (QED) is 0.782. The molecule has 0 atom stereocenters. The lowest BCUT2D eigenvalue weighted by atomic mass is 10.2. The molecule has 1 aliphatic heterocycles. The SMILES string of the molecule is O=C1NC(=O)/C(=C\c2cc(Br)ccc2O)S1. The van der Waals surface area contributed by atoms with Gasteiger partial charge in [-0.1, -0.05) is 15.9 Å². The second kappa shape index (κ2) is 4.31. The summed E-state index contributed by atoms with van der Waals surface area (Å²) in [6.07, 6.45) is 1.48. The molecule has 6 heteroatoms. The van der Waals surface area contributed by atoms with Crippen LogP contribution in [0.15, 0.2) is 27.6 Å². The van der Waals surface area contributed by atoms with Gasteiger partial charge < -0.3 is 5.11 Å². The van der Waals surface area contributed by atoms with Gasteiger partial charge in [-0.2, -0.15) is 0 Å². The standard InChI is InChI=1S/C10H6BrNO3S/c11-6-1-2-7(13)5(3-6)4-8-9(14)12-10(15)16-8/h1-4,13H,(H,12,14,15)/b8-4+. The maximum Gasteiger partial charge on any atom is 0.290 e. The Morgan fingerprint density at radius 1 is 1.38 bits per heavy atom. The lowest BCUT2D eigenvalue weighted by molar-refractivity contribution is -0.115. The van der Waals surface area contributed by atoms with Gasteiger partial charge in [0, 0.05) is 10.0 Å². The first kappa shape index (κ1) is 11.2. The molecule has 2 amide bonds. The zero-order valence-electron chi connectivity index (χ0n) is 7.86. The van der Waals surface area contributed by atoms with Gasteiger partial charge in [-0.15, -0.1) is 0 Å². The number of benzene rings is 1. The van der Waals surface area contributed by atoms with Crippen molar-refractivity contribution < 1.29 is 14.7 Å². The number of rotatable bonds is 1. The van der Waals surface area contributed by atoms with E-state index in [0.717, 1.165) is 16.2 Å². The molecule has 1 aromatic carbocycles. The zero-order chi connectivity index (χ0) is 11.7. The summed E-state index contributed by atoms with van der Waals surface area (Å²) in [6.45, 7) is 0. The van der Waals surface area contributed by atoms with E-state index in [1.807, 2.05) is 0 Å². The van der Waals surface area contributed by atoms with E-state index in [-0.39, 0.29) is 10.7 Å². The van der Waals surface area contributed by atoms with Gasteiger partial charge in [0.2, 0.25) is 0 Å². The molecule has 0 saturated carbocycles. The van der Waals surface area contributed by atoms with Crippen LogP contribution in [0, 0.1) is 0 Å². The molecule has 1 aromatic rings. The summed E-state index contributed by atoms with van der Waals surface area (Å²) in [6, 6.07) is 4.86. The van der Waals surface area contributed by atoms with Crippen molar-refractivity contribution in [3.63, 3.8) is 0 Å². The average molecular weight is 300 g/mol. The van der Waals surface area contributed by atoms with Crippen LogP contribution in [-0.4, -0.2) is 16.3 Å². The second-order valence-corrected chi connectivity index (χ2v) is 4.99. The van der Waals surface area contributed by atoms with Crippen LogP contribution in [0.1, 0.15) is 5.56 Å². The van der Waals surface area contributed by atoms with Crippen LogP contribution in [0.5, 0.6) is 5.75 Å². The van der Waals surface area contributed by atoms with Gasteiger partial charge in [-0.3, -0.25) is 14.9 Å². The summed E-state index contributed by atoms with van der Waals surface area (Å²) in [5.74, 6) is -0.377.